The average molecular weight is 608 g/mol. The van der Waals surface area contributed by atoms with E-state index in [1.807, 2.05) is 48.5 Å². The van der Waals surface area contributed by atoms with Crippen molar-refractivity contribution < 1.29 is 98.1 Å². The molecule has 0 saturated carbocycles. The molecule has 0 aliphatic carbocycles. The van der Waals surface area contributed by atoms with Gasteiger partial charge < -0.3 is 0 Å². The minimum atomic E-state index is -0.466. The summed E-state index contributed by atoms with van der Waals surface area (Å²) in [6.07, 6.45) is 5.58. The van der Waals surface area contributed by atoms with Gasteiger partial charge >= 0.3 is 0 Å². The number of terminal acetylenes is 1. The summed E-state index contributed by atoms with van der Waals surface area (Å²) in [6.45, 7) is 0. The number of hydrogen-bond acceptors (Lipinski definition) is 0. The first-order valence-corrected chi connectivity index (χ1v) is 8.82. The van der Waals surface area contributed by atoms with Gasteiger partial charge in [-0.05, 0) is 17.7 Å². The Bertz CT molecular complexity index is 955. The SMILES string of the molecule is C#Cc1ccc(C(c2cc[c-]cc2)(c2cc[c-]cc2)c2cc[c-]cc2)cc1.[Y].[Y].[Y]. The van der Waals surface area contributed by atoms with Crippen molar-refractivity contribution in [2.24, 2.45) is 0 Å². The molecule has 0 aliphatic rings. The van der Waals surface area contributed by atoms with Crippen LogP contribution in [-0.4, -0.2) is 0 Å². The molecule has 0 aromatic heterocycles. The Morgan fingerprint density at radius 2 is 0.800 bits per heavy atom. The molecular formula is C27H17Y3-3. The summed E-state index contributed by atoms with van der Waals surface area (Å²) in [7, 11) is 0. The molecule has 0 nitrogen and oxygen atoms in total. The molecule has 3 radical (unpaired) electrons. The second kappa shape index (κ2) is 13.3. The third kappa shape index (κ3) is 5.56. The normalized spacial score (nSPS) is 9.83. The first-order chi connectivity index (χ1) is 13.4. The Morgan fingerprint density at radius 3 is 1.10 bits per heavy atom. The van der Waals surface area contributed by atoms with Crippen molar-refractivity contribution in [1.29, 1.82) is 0 Å². The maximum Gasteiger partial charge on any atom is 0.0242 e. The molecule has 4 aromatic carbocycles. The van der Waals surface area contributed by atoms with Gasteiger partial charge in [-0.15, -0.1) is 23.1 Å². The van der Waals surface area contributed by atoms with E-state index in [-0.39, 0.29) is 98.1 Å². The number of hydrogen-bond donors (Lipinski definition) is 0. The Balaban J connectivity index is 0.00000150. The Hall–Kier alpha value is -0.248. The summed E-state index contributed by atoms with van der Waals surface area (Å²) in [5, 5.41) is 0. The van der Waals surface area contributed by atoms with E-state index in [0.29, 0.717) is 0 Å². The molecule has 4 aromatic rings. The Kier molecular flexibility index (Phi) is 12.3. The molecule has 0 saturated heterocycles. The molecule has 0 bridgehead atoms. The molecule has 3 heteroatoms. The molecule has 0 spiro atoms. The summed E-state index contributed by atoms with van der Waals surface area (Å²) in [5.74, 6) is 2.71. The van der Waals surface area contributed by atoms with Gasteiger partial charge in [-0.3, -0.25) is 0 Å². The fourth-order valence-corrected chi connectivity index (χ4v) is 3.73. The molecule has 0 unspecified atom stereocenters. The van der Waals surface area contributed by atoms with Crippen molar-refractivity contribution in [2.75, 3.05) is 0 Å². The quantitative estimate of drug-likeness (QED) is 0.165. The van der Waals surface area contributed by atoms with Crippen molar-refractivity contribution in [1.82, 2.24) is 0 Å². The summed E-state index contributed by atoms with van der Waals surface area (Å²) in [5.41, 5.74) is 5.08. The molecule has 137 valence electrons. The van der Waals surface area contributed by atoms with Crippen LogP contribution in [-0.2, 0) is 104 Å². The maximum absolute atomic E-state index is 5.58. The van der Waals surface area contributed by atoms with Crippen LogP contribution in [0.4, 0.5) is 0 Å². The van der Waals surface area contributed by atoms with Gasteiger partial charge in [0.05, 0.1) is 0 Å². The van der Waals surface area contributed by atoms with Crippen molar-refractivity contribution in [2.45, 2.75) is 5.41 Å². The van der Waals surface area contributed by atoms with E-state index in [2.05, 4.69) is 72.7 Å². The zero-order chi connectivity index (χ0) is 18.5. The van der Waals surface area contributed by atoms with E-state index in [0.717, 1.165) is 11.1 Å². The van der Waals surface area contributed by atoms with Gasteiger partial charge in [-0.2, -0.15) is 91.0 Å². The van der Waals surface area contributed by atoms with Gasteiger partial charge in [-0.1, -0.05) is 18.1 Å². The minimum Gasteiger partial charge on any atom is -0.184 e. The average Bonchev–Trinajstić information content (AvgIpc) is 2.77. The minimum absolute atomic E-state index is 0. The Morgan fingerprint density at radius 1 is 0.500 bits per heavy atom. The van der Waals surface area contributed by atoms with Crippen LogP contribution in [0.3, 0.4) is 0 Å². The summed E-state index contributed by atoms with van der Waals surface area (Å²) in [6, 6.07) is 42.2. The predicted molar refractivity (Wildman–Crippen MR) is 109 cm³/mol. The van der Waals surface area contributed by atoms with Crippen molar-refractivity contribution in [3.8, 4) is 12.3 Å². The van der Waals surface area contributed by atoms with E-state index >= 15 is 0 Å². The summed E-state index contributed by atoms with van der Waals surface area (Å²) in [4.78, 5) is 0. The van der Waals surface area contributed by atoms with Gasteiger partial charge in [0.2, 0.25) is 0 Å². The van der Waals surface area contributed by atoms with E-state index in [1.54, 1.807) is 0 Å². The summed E-state index contributed by atoms with van der Waals surface area (Å²) < 4.78 is 0. The molecule has 0 amide bonds. The third-order valence-electron chi connectivity index (χ3n) is 4.94. The van der Waals surface area contributed by atoms with Crippen molar-refractivity contribution >= 4 is 0 Å². The Labute approximate surface area is 255 Å². The third-order valence-corrected chi connectivity index (χ3v) is 4.94. The van der Waals surface area contributed by atoms with Crippen molar-refractivity contribution in [3.63, 3.8) is 0 Å². The summed E-state index contributed by atoms with van der Waals surface area (Å²) >= 11 is 0. The van der Waals surface area contributed by atoms with Crippen LogP contribution >= 0.6 is 0 Å². The molecule has 0 aliphatic heterocycles. The monoisotopic (exact) mass is 608 g/mol. The van der Waals surface area contributed by atoms with Crippen molar-refractivity contribution in [3.05, 3.63) is 143 Å². The zero-order valence-corrected chi connectivity index (χ0v) is 25.1. The van der Waals surface area contributed by atoms with Gasteiger partial charge in [0.15, 0.2) is 0 Å². The fourth-order valence-electron chi connectivity index (χ4n) is 3.73. The zero-order valence-electron chi connectivity index (χ0n) is 16.5. The smallest absolute Gasteiger partial charge is 0.0242 e. The first kappa shape index (κ1) is 27.8. The maximum atomic E-state index is 5.58. The van der Waals surface area contributed by atoms with Crippen LogP contribution in [0.25, 0.3) is 0 Å². The first-order valence-electron chi connectivity index (χ1n) is 8.82. The second-order valence-corrected chi connectivity index (χ2v) is 6.34. The van der Waals surface area contributed by atoms with Gasteiger partial charge in [0.25, 0.3) is 0 Å². The molecule has 30 heavy (non-hydrogen) atoms. The molecule has 0 heterocycles. The van der Waals surface area contributed by atoms with Crippen LogP contribution in [0, 0.1) is 30.5 Å². The van der Waals surface area contributed by atoms with E-state index in [1.165, 1.54) is 16.7 Å². The van der Waals surface area contributed by atoms with Crippen LogP contribution in [0.15, 0.2) is 97.1 Å². The molecule has 0 fully saturated rings. The van der Waals surface area contributed by atoms with Crippen LogP contribution in [0.5, 0.6) is 0 Å². The van der Waals surface area contributed by atoms with Gasteiger partial charge in [0.1, 0.15) is 0 Å². The molecular weight excluding hydrogens is 591 g/mol. The molecule has 4 rings (SSSR count). The van der Waals surface area contributed by atoms with Gasteiger partial charge in [-0.25, -0.2) is 0 Å². The molecule has 0 N–H and O–H groups in total. The molecule has 0 atom stereocenters. The fraction of sp³-hybridized carbons (Fsp3) is 0.0370. The van der Waals surface area contributed by atoms with Gasteiger partial charge in [0, 0.05) is 109 Å². The van der Waals surface area contributed by atoms with E-state index in [4.69, 9.17) is 6.42 Å². The standard InChI is InChI=1S/C27H17.3Y/c1-2-22-18-20-26(21-19-22)27(23-12-6-3-7-13-23,24-14-8-4-9-15-24)25-16-10-5-11-17-25;;;/h1,6-21H;;;/q-3;;;. The predicted octanol–water partition coefficient (Wildman–Crippen LogP) is 5.44. The largest absolute Gasteiger partial charge is 0.184 e. The second-order valence-electron chi connectivity index (χ2n) is 6.34. The number of rotatable bonds is 4. The van der Waals surface area contributed by atoms with Crippen LogP contribution in [0.2, 0.25) is 0 Å². The van der Waals surface area contributed by atoms with Crippen LogP contribution < -0.4 is 0 Å². The topological polar surface area (TPSA) is 0 Å². The van der Waals surface area contributed by atoms with E-state index < -0.39 is 5.41 Å². The number of benzene rings is 4. The van der Waals surface area contributed by atoms with Crippen LogP contribution in [0.1, 0.15) is 27.8 Å². The van der Waals surface area contributed by atoms with E-state index in [9.17, 15) is 0 Å².